The van der Waals surface area contributed by atoms with Crippen LogP contribution in [0.25, 0.3) is 0 Å². The van der Waals surface area contributed by atoms with E-state index in [9.17, 15) is 13.2 Å². The highest BCUT2D eigenvalue weighted by Crippen LogP contribution is 2.34. The van der Waals surface area contributed by atoms with E-state index in [4.69, 9.17) is 10.00 Å². The number of rotatable bonds is 5. The highest BCUT2D eigenvalue weighted by molar-refractivity contribution is 5.44. The van der Waals surface area contributed by atoms with E-state index < -0.39 is 11.7 Å². The molecule has 2 nitrogen and oxygen atoms in total. The monoisotopic (exact) mass is 257 g/mol. The third-order valence-electron chi connectivity index (χ3n) is 2.43. The molecule has 5 heteroatoms. The van der Waals surface area contributed by atoms with Gasteiger partial charge in [-0.1, -0.05) is 19.8 Å². The van der Waals surface area contributed by atoms with Gasteiger partial charge in [-0.05, 0) is 24.6 Å². The van der Waals surface area contributed by atoms with Crippen LogP contribution in [0, 0.1) is 11.3 Å². The van der Waals surface area contributed by atoms with Crippen LogP contribution in [0.1, 0.15) is 37.3 Å². The molecule has 0 aliphatic rings. The van der Waals surface area contributed by atoms with Crippen LogP contribution in [0.5, 0.6) is 5.75 Å². The summed E-state index contributed by atoms with van der Waals surface area (Å²) in [4.78, 5) is 0. The first kappa shape index (κ1) is 14.4. The Morgan fingerprint density at radius 3 is 2.56 bits per heavy atom. The summed E-state index contributed by atoms with van der Waals surface area (Å²) in [5, 5.41) is 8.63. The Balaban J connectivity index is 2.81. The van der Waals surface area contributed by atoms with Gasteiger partial charge in [0.15, 0.2) is 0 Å². The molecule has 0 unspecified atom stereocenters. The normalized spacial score (nSPS) is 11.1. The average molecular weight is 257 g/mol. The van der Waals surface area contributed by atoms with Crippen LogP contribution in [-0.2, 0) is 6.18 Å². The van der Waals surface area contributed by atoms with Gasteiger partial charge in [0.1, 0.15) is 5.75 Å². The van der Waals surface area contributed by atoms with Crippen LogP contribution in [0.4, 0.5) is 13.2 Å². The van der Waals surface area contributed by atoms with Crippen molar-refractivity contribution in [3.63, 3.8) is 0 Å². The molecular weight excluding hydrogens is 243 g/mol. The maximum Gasteiger partial charge on any atom is 0.417 e. The number of hydrogen-bond acceptors (Lipinski definition) is 2. The molecule has 0 spiro atoms. The zero-order chi connectivity index (χ0) is 13.6. The zero-order valence-electron chi connectivity index (χ0n) is 10.0. The lowest BCUT2D eigenvalue weighted by Gasteiger charge is -2.11. The molecule has 0 amide bonds. The van der Waals surface area contributed by atoms with Crippen LogP contribution in [0.15, 0.2) is 18.2 Å². The number of hydrogen-bond donors (Lipinski definition) is 0. The van der Waals surface area contributed by atoms with Crippen LogP contribution < -0.4 is 4.74 Å². The van der Waals surface area contributed by atoms with Crippen LogP contribution in [-0.4, -0.2) is 6.61 Å². The lowest BCUT2D eigenvalue weighted by molar-refractivity contribution is -0.137. The van der Waals surface area contributed by atoms with Crippen molar-refractivity contribution in [1.82, 2.24) is 0 Å². The summed E-state index contributed by atoms with van der Waals surface area (Å²) >= 11 is 0. The highest BCUT2D eigenvalue weighted by atomic mass is 19.4. The summed E-state index contributed by atoms with van der Waals surface area (Å²) in [6.07, 6.45) is -1.74. The molecule has 0 radical (unpaired) electrons. The van der Waals surface area contributed by atoms with Crippen molar-refractivity contribution >= 4 is 0 Å². The Morgan fingerprint density at radius 2 is 2.00 bits per heavy atom. The van der Waals surface area contributed by atoms with E-state index in [1.54, 1.807) is 0 Å². The number of alkyl halides is 3. The van der Waals surface area contributed by atoms with E-state index in [1.807, 2.05) is 6.92 Å². The highest BCUT2D eigenvalue weighted by Gasteiger charge is 2.34. The van der Waals surface area contributed by atoms with Gasteiger partial charge in [0.25, 0.3) is 0 Å². The molecule has 0 N–H and O–H groups in total. The van der Waals surface area contributed by atoms with Gasteiger partial charge in [0.2, 0.25) is 0 Å². The van der Waals surface area contributed by atoms with E-state index in [-0.39, 0.29) is 11.3 Å². The molecule has 0 saturated heterocycles. The molecule has 0 heterocycles. The second-order valence-corrected chi connectivity index (χ2v) is 3.87. The van der Waals surface area contributed by atoms with Crippen molar-refractivity contribution in [3.8, 4) is 11.8 Å². The first-order valence-corrected chi connectivity index (χ1v) is 5.73. The number of halogens is 3. The summed E-state index contributed by atoms with van der Waals surface area (Å²) in [5.74, 6) is 0.150. The van der Waals surface area contributed by atoms with E-state index in [0.29, 0.717) is 6.61 Å². The number of nitrogens with zero attached hydrogens (tertiary/aromatic N) is 1. The Labute approximate surface area is 104 Å². The topological polar surface area (TPSA) is 33.0 Å². The fourth-order valence-corrected chi connectivity index (χ4v) is 1.49. The van der Waals surface area contributed by atoms with Gasteiger partial charge in [0, 0.05) is 0 Å². The first-order chi connectivity index (χ1) is 8.49. The lowest BCUT2D eigenvalue weighted by Crippen LogP contribution is -2.08. The van der Waals surface area contributed by atoms with Crippen molar-refractivity contribution in [3.05, 3.63) is 29.3 Å². The van der Waals surface area contributed by atoms with Crippen molar-refractivity contribution in [2.45, 2.75) is 32.4 Å². The van der Waals surface area contributed by atoms with Gasteiger partial charge in [-0.25, -0.2) is 0 Å². The van der Waals surface area contributed by atoms with E-state index >= 15 is 0 Å². The van der Waals surface area contributed by atoms with Gasteiger partial charge in [-0.2, -0.15) is 18.4 Å². The standard InChI is InChI=1S/C13H14F3NO/c1-2-3-4-7-18-11-6-5-10(9-17)12(8-11)13(14,15)16/h5-6,8H,2-4,7H2,1H3. The third kappa shape index (κ3) is 3.95. The first-order valence-electron chi connectivity index (χ1n) is 5.73. The SMILES string of the molecule is CCCCCOc1ccc(C#N)c(C(F)(F)F)c1. The van der Waals surface area contributed by atoms with Crippen molar-refractivity contribution in [2.75, 3.05) is 6.61 Å². The minimum atomic E-state index is -4.53. The smallest absolute Gasteiger partial charge is 0.417 e. The maximum atomic E-state index is 12.7. The third-order valence-corrected chi connectivity index (χ3v) is 2.43. The van der Waals surface area contributed by atoms with Gasteiger partial charge in [-0.3, -0.25) is 0 Å². The van der Waals surface area contributed by atoms with Crippen molar-refractivity contribution < 1.29 is 17.9 Å². The van der Waals surface area contributed by atoms with Crippen molar-refractivity contribution in [2.24, 2.45) is 0 Å². The Morgan fingerprint density at radius 1 is 1.28 bits per heavy atom. The molecule has 1 rings (SSSR count). The fraction of sp³-hybridized carbons (Fsp3) is 0.462. The molecule has 0 aromatic heterocycles. The Hall–Kier alpha value is -1.70. The molecule has 0 fully saturated rings. The van der Waals surface area contributed by atoms with Gasteiger partial charge in [-0.15, -0.1) is 0 Å². The van der Waals surface area contributed by atoms with Gasteiger partial charge >= 0.3 is 6.18 Å². The summed E-state index contributed by atoms with van der Waals surface area (Å²) < 4.78 is 43.2. The Kier molecular flexibility index (Phi) is 5.02. The molecule has 18 heavy (non-hydrogen) atoms. The molecular formula is C13H14F3NO. The summed E-state index contributed by atoms with van der Waals surface area (Å²) in [6, 6.07) is 4.94. The molecule has 0 aliphatic heterocycles. The fourth-order valence-electron chi connectivity index (χ4n) is 1.49. The number of nitriles is 1. The number of benzene rings is 1. The second kappa shape index (κ2) is 6.29. The van der Waals surface area contributed by atoms with Crippen LogP contribution in [0.3, 0.4) is 0 Å². The quantitative estimate of drug-likeness (QED) is 0.742. The van der Waals surface area contributed by atoms with Crippen LogP contribution >= 0.6 is 0 Å². The minimum absolute atomic E-state index is 0.150. The van der Waals surface area contributed by atoms with E-state index in [0.717, 1.165) is 31.4 Å². The number of ether oxygens (including phenoxy) is 1. The maximum absolute atomic E-state index is 12.7. The average Bonchev–Trinajstić information content (AvgIpc) is 2.33. The largest absolute Gasteiger partial charge is 0.494 e. The van der Waals surface area contributed by atoms with Gasteiger partial charge < -0.3 is 4.74 Å². The molecule has 0 saturated carbocycles. The van der Waals surface area contributed by atoms with E-state index in [2.05, 4.69) is 0 Å². The van der Waals surface area contributed by atoms with Crippen LogP contribution in [0.2, 0.25) is 0 Å². The molecule has 98 valence electrons. The molecule has 0 bridgehead atoms. The lowest BCUT2D eigenvalue weighted by atomic mass is 10.1. The molecule has 0 aliphatic carbocycles. The second-order valence-electron chi connectivity index (χ2n) is 3.87. The summed E-state index contributed by atoms with van der Waals surface area (Å²) in [6.45, 7) is 2.42. The summed E-state index contributed by atoms with van der Waals surface area (Å²) in [5.41, 5.74) is -1.33. The minimum Gasteiger partial charge on any atom is -0.494 e. The van der Waals surface area contributed by atoms with Gasteiger partial charge in [0.05, 0.1) is 23.8 Å². The Bertz CT molecular complexity index is 435. The summed E-state index contributed by atoms with van der Waals surface area (Å²) in [7, 11) is 0. The molecule has 0 atom stereocenters. The zero-order valence-corrected chi connectivity index (χ0v) is 10.0. The molecule has 1 aromatic rings. The number of unbranched alkanes of at least 4 members (excludes halogenated alkanes) is 2. The predicted molar refractivity (Wildman–Crippen MR) is 61.2 cm³/mol. The van der Waals surface area contributed by atoms with Crippen molar-refractivity contribution in [1.29, 1.82) is 5.26 Å². The van der Waals surface area contributed by atoms with E-state index in [1.165, 1.54) is 12.1 Å². The molecule has 1 aromatic carbocycles. The predicted octanol–water partition coefficient (Wildman–Crippen LogP) is 4.15.